The molecule has 29 heavy (non-hydrogen) atoms. The molecule has 0 spiro atoms. The lowest BCUT2D eigenvalue weighted by atomic mass is 10.1. The zero-order valence-corrected chi connectivity index (χ0v) is 17.5. The van der Waals surface area contributed by atoms with Gasteiger partial charge in [-0.05, 0) is 58.7 Å². The number of urea groups is 1. The van der Waals surface area contributed by atoms with E-state index >= 15 is 0 Å². The van der Waals surface area contributed by atoms with Crippen LogP contribution in [-0.2, 0) is 9.59 Å². The van der Waals surface area contributed by atoms with Crippen molar-refractivity contribution in [3.8, 4) is 0 Å². The molecule has 0 bridgehead atoms. The van der Waals surface area contributed by atoms with Gasteiger partial charge in [0, 0.05) is 24.8 Å². The van der Waals surface area contributed by atoms with Crippen LogP contribution < -0.4 is 21.3 Å². The number of carbonyl (C=O) groups is 3. The van der Waals surface area contributed by atoms with E-state index in [0.717, 1.165) is 25.1 Å². The maximum Gasteiger partial charge on any atom is 0.319 e. The Morgan fingerprint density at radius 2 is 1.93 bits per heavy atom. The maximum atomic E-state index is 13.0. The molecule has 1 aromatic carbocycles. The van der Waals surface area contributed by atoms with Gasteiger partial charge in [0.15, 0.2) is 0 Å². The Balaban J connectivity index is 1.85. The van der Waals surface area contributed by atoms with Gasteiger partial charge in [0.2, 0.25) is 11.8 Å². The van der Waals surface area contributed by atoms with Crippen LogP contribution in [-0.4, -0.2) is 61.0 Å². The van der Waals surface area contributed by atoms with Crippen molar-refractivity contribution in [1.82, 2.24) is 20.9 Å². The fraction of sp³-hybridized carbons (Fsp3) is 0.571. The van der Waals surface area contributed by atoms with Crippen molar-refractivity contribution < 1.29 is 14.4 Å². The monoisotopic (exact) mass is 403 g/mol. The van der Waals surface area contributed by atoms with Crippen LogP contribution in [0, 0.1) is 0 Å². The van der Waals surface area contributed by atoms with E-state index in [1.54, 1.807) is 14.0 Å². The first kappa shape index (κ1) is 22.7. The van der Waals surface area contributed by atoms with Gasteiger partial charge in [-0.2, -0.15) is 0 Å². The summed E-state index contributed by atoms with van der Waals surface area (Å²) in [5.41, 5.74) is 0.717. The minimum atomic E-state index is -0.585. The molecule has 1 aromatic rings. The van der Waals surface area contributed by atoms with Crippen LogP contribution in [0.5, 0.6) is 0 Å². The SMILES string of the molecule is CN[C@@H](C)C(=O)N[C@@H](CCCNC(=O)Nc1ccccc1)C(=O)N1CCC[C@H]1C. The number of para-hydroxylation sites is 1. The Kier molecular flexibility index (Phi) is 8.92. The Bertz CT molecular complexity index is 682. The van der Waals surface area contributed by atoms with E-state index in [1.807, 2.05) is 42.2 Å². The maximum absolute atomic E-state index is 13.0. The van der Waals surface area contributed by atoms with Gasteiger partial charge in [-0.25, -0.2) is 4.79 Å². The fourth-order valence-electron chi connectivity index (χ4n) is 3.35. The van der Waals surface area contributed by atoms with Crippen LogP contribution in [0.15, 0.2) is 30.3 Å². The second kappa shape index (κ2) is 11.4. The molecule has 0 unspecified atom stereocenters. The van der Waals surface area contributed by atoms with Crippen molar-refractivity contribution in [3.63, 3.8) is 0 Å². The highest BCUT2D eigenvalue weighted by molar-refractivity contribution is 5.90. The van der Waals surface area contributed by atoms with Gasteiger partial charge in [0.25, 0.3) is 0 Å². The molecule has 8 heteroatoms. The van der Waals surface area contributed by atoms with Gasteiger partial charge < -0.3 is 26.2 Å². The molecule has 1 heterocycles. The number of amides is 4. The highest BCUT2D eigenvalue weighted by atomic mass is 16.2. The predicted octanol–water partition coefficient (Wildman–Crippen LogP) is 1.69. The largest absolute Gasteiger partial charge is 0.343 e. The fourth-order valence-corrected chi connectivity index (χ4v) is 3.35. The van der Waals surface area contributed by atoms with Crippen molar-refractivity contribution in [1.29, 1.82) is 0 Å². The van der Waals surface area contributed by atoms with Crippen LogP contribution >= 0.6 is 0 Å². The van der Waals surface area contributed by atoms with Crippen molar-refractivity contribution in [2.45, 2.75) is 57.7 Å². The summed E-state index contributed by atoms with van der Waals surface area (Å²) in [5, 5.41) is 11.3. The third-order valence-corrected chi connectivity index (χ3v) is 5.26. The number of hydrogen-bond acceptors (Lipinski definition) is 4. The predicted molar refractivity (Wildman–Crippen MR) is 114 cm³/mol. The number of likely N-dealkylation sites (N-methyl/N-ethyl adjacent to an activating group) is 1. The van der Waals surface area contributed by atoms with Gasteiger partial charge in [0.1, 0.15) is 6.04 Å². The summed E-state index contributed by atoms with van der Waals surface area (Å²) < 4.78 is 0. The van der Waals surface area contributed by atoms with Crippen molar-refractivity contribution >= 4 is 23.5 Å². The zero-order chi connectivity index (χ0) is 21.2. The Labute approximate surface area is 172 Å². The number of rotatable bonds is 9. The van der Waals surface area contributed by atoms with E-state index in [-0.39, 0.29) is 29.9 Å². The molecule has 8 nitrogen and oxygen atoms in total. The van der Waals surface area contributed by atoms with E-state index < -0.39 is 6.04 Å². The molecule has 0 saturated carbocycles. The number of benzene rings is 1. The van der Waals surface area contributed by atoms with Gasteiger partial charge in [-0.1, -0.05) is 18.2 Å². The molecule has 1 saturated heterocycles. The Hall–Kier alpha value is -2.61. The van der Waals surface area contributed by atoms with E-state index in [1.165, 1.54) is 0 Å². The summed E-state index contributed by atoms with van der Waals surface area (Å²) in [7, 11) is 1.71. The average Bonchev–Trinajstić information content (AvgIpc) is 3.15. The summed E-state index contributed by atoms with van der Waals surface area (Å²) in [4.78, 5) is 39.1. The number of hydrogen-bond donors (Lipinski definition) is 4. The molecule has 1 aliphatic rings. The van der Waals surface area contributed by atoms with Gasteiger partial charge >= 0.3 is 6.03 Å². The third kappa shape index (κ3) is 7.05. The normalized spacial score (nSPS) is 18.0. The van der Waals surface area contributed by atoms with Crippen molar-refractivity contribution in [2.75, 3.05) is 25.5 Å². The molecule has 1 fully saturated rings. The number of nitrogens with zero attached hydrogens (tertiary/aromatic N) is 1. The second-order valence-corrected chi connectivity index (χ2v) is 7.48. The summed E-state index contributed by atoms with van der Waals surface area (Å²) >= 11 is 0. The van der Waals surface area contributed by atoms with Gasteiger partial charge in [0.05, 0.1) is 6.04 Å². The van der Waals surface area contributed by atoms with Crippen molar-refractivity contribution in [2.24, 2.45) is 0 Å². The standard InChI is InChI=1S/C21H33N5O3/c1-15-9-8-14-26(15)20(28)18(25-19(27)16(2)22-3)12-7-13-23-21(29)24-17-10-5-4-6-11-17/h4-6,10-11,15-16,18,22H,7-9,12-14H2,1-3H3,(H,25,27)(H2,23,24,29)/t15-,16+,18+/m1/s1. The van der Waals surface area contributed by atoms with Crippen LogP contribution in [0.4, 0.5) is 10.5 Å². The molecule has 0 aromatic heterocycles. The summed E-state index contributed by atoms with van der Waals surface area (Å²) in [5.74, 6) is -0.243. The first-order chi connectivity index (χ1) is 13.9. The van der Waals surface area contributed by atoms with Gasteiger partial charge in [-0.15, -0.1) is 0 Å². The number of anilines is 1. The van der Waals surface area contributed by atoms with E-state index in [9.17, 15) is 14.4 Å². The molecule has 160 valence electrons. The number of likely N-dealkylation sites (tertiary alicyclic amines) is 1. The van der Waals surface area contributed by atoms with Crippen molar-refractivity contribution in [3.05, 3.63) is 30.3 Å². The third-order valence-electron chi connectivity index (χ3n) is 5.26. The molecule has 4 amide bonds. The number of nitrogens with one attached hydrogen (secondary N) is 4. The summed E-state index contributed by atoms with van der Waals surface area (Å²) in [6.07, 6.45) is 3.02. The second-order valence-electron chi connectivity index (χ2n) is 7.48. The van der Waals surface area contributed by atoms with E-state index in [4.69, 9.17) is 0 Å². The Morgan fingerprint density at radius 1 is 1.21 bits per heavy atom. The Morgan fingerprint density at radius 3 is 2.55 bits per heavy atom. The molecular weight excluding hydrogens is 370 g/mol. The molecule has 4 N–H and O–H groups in total. The summed E-state index contributed by atoms with van der Waals surface area (Å²) in [6.45, 7) is 4.93. The first-order valence-electron chi connectivity index (χ1n) is 10.3. The van der Waals surface area contributed by atoms with Crippen LogP contribution in [0.25, 0.3) is 0 Å². The van der Waals surface area contributed by atoms with Gasteiger partial charge in [-0.3, -0.25) is 9.59 Å². The van der Waals surface area contributed by atoms with Crippen LogP contribution in [0.2, 0.25) is 0 Å². The smallest absolute Gasteiger partial charge is 0.319 e. The first-order valence-corrected chi connectivity index (χ1v) is 10.3. The molecule has 3 atom stereocenters. The summed E-state index contributed by atoms with van der Waals surface area (Å²) in [6, 6.07) is 8.13. The average molecular weight is 404 g/mol. The lowest BCUT2D eigenvalue weighted by Gasteiger charge is -2.28. The lowest BCUT2D eigenvalue weighted by Crippen LogP contribution is -2.53. The van der Waals surface area contributed by atoms with E-state index in [2.05, 4.69) is 21.3 Å². The highest BCUT2D eigenvalue weighted by Gasteiger charge is 2.31. The molecule has 0 radical (unpaired) electrons. The van der Waals surface area contributed by atoms with Crippen LogP contribution in [0.1, 0.15) is 39.5 Å². The molecule has 1 aliphatic heterocycles. The topological polar surface area (TPSA) is 103 Å². The number of carbonyl (C=O) groups excluding carboxylic acids is 3. The van der Waals surface area contributed by atoms with E-state index in [0.29, 0.717) is 19.4 Å². The minimum absolute atomic E-state index is 0.0413. The van der Waals surface area contributed by atoms with Crippen LogP contribution in [0.3, 0.4) is 0 Å². The lowest BCUT2D eigenvalue weighted by molar-refractivity contribution is -0.137. The highest BCUT2D eigenvalue weighted by Crippen LogP contribution is 2.18. The molecule has 2 rings (SSSR count). The zero-order valence-electron chi connectivity index (χ0n) is 17.5. The molecular formula is C21H33N5O3. The minimum Gasteiger partial charge on any atom is -0.343 e. The molecule has 0 aliphatic carbocycles. The quantitative estimate of drug-likeness (QED) is 0.471.